The summed E-state index contributed by atoms with van der Waals surface area (Å²) in [6, 6.07) is 2.46. The molecule has 200 valence electrons. The second kappa shape index (κ2) is 8.97. The number of fused-ring (bicyclic) bond motifs is 3. The molecule has 1 unspecified atom stereocenters. The second-order valence-corrected chi connectivity index (χ2v) is 11.7. The van der Waals surface area contributed by atoms with Crippen LogP contribution in [0, 0.1) is 17.3 Å². The zero-order valence-corrected chi connectivity index (χ0v) is 21.8. The third-order valence-corrected chi connectivity index (χ3v) is 7.65. The Morgan fingerprint density at radius 2 is 1.84 bits per heavy atom. The fourth-order valence-corrected chi connectivity index (χ4v) is 5.98. The van der Waals surface area contributed by atoms with Gasteiger partial charge in [0.1, 0.15) is 22.8 Å². The predicted molar refractivity (Wildman–Crippen MR) is 135 cm³/mol. The zero-order chi connectivity index (χ0) is 27.6. The molecule has 0 heterocycles. The van der Waals surface area contributed by atoms with Crippen molar-refractivity contribution < 1.29 is 34.8 Å². The van der Waals surface area contributed by atoms with Gasteiger partial charge in [-0.2, -0.15) is 0 Å². The van der Waals surface area contributed by atoms with Gasteiger partial charge in [0.2, 0.25) is 5.78 Å². The first kappa shape index (κ1) is 26.8. The number of ketones is 2. The van der Waals surface area contributed by atoms with E-state index in [4.69, 9.17) is 5.73 Å². The summed E-state index contributed by atoms with van der Waals surface area (Å²) in [5.41, 5.74) is 3.02. The minimum absolute atomic E-state index is 0.0206. The number of primary amides is 1. The Hall–Kier alpha value is -3.21. The third-order valence-electron chi connectivity index (χ3n) is 7.65. The lowest BCUT2D eigenvalue weighted by Gasteiger charge is -2.50. The number of nitrogens with zero attached hydrogens (tertiary/aromatic N) is 1. The van der Waals surface area contributed by atoms with Crippen LogP contribution in [0.3, 0.4) is 0 Å². The number of hydrogen-bond donors (Lipinski definition) is 6. The number of phenols is 1. The maximum Gasteiger partial charge on any atom is 0.255 e. The van der Waals surface area contributed by atoms with Gasteiger partial charge in [0.15, 0.2) is 11.4 Å². The highest BCUT2D eigenvalue weighted by Gasteiger charge is 2.64. The van der Waals surface area contributed by atoms with Crippen LogP contribution in [0.25, 0.3) is 5.76 Å². The highest BCUT2D eigenvalue weighted by Crippen LogP contribution is 2.52. The molecule has 1 amide bonds. The molecule has 0 bridgehead atoms. The number of carbonyl (C=O) groups is 3. The van der Waals surface area contributed by atoms with E-state index in [1.54, 1.807) is 26.2 Å². The number of Topliss-reactive ketones (excluding diaryl/α,β-unsaturated/α-hetero) is 2. The molecule has 4 rings (SSSR count). The van der Waals surface area contributed by atoms with Gasteiger partial charge >= 0.3 is 0 Å². The normalized spacial score (nSPS) is 27.8. The van der Waals surface area contributed by atoms with E-state index in [0.29, 0.717) is 24.2 Å². The summed E-state index contributed by atoms with van der Waals surface area (Å²) in [6.07, 6.45) is 0.346. The van der Waals surface area contributed by atoms with Crippen molar-refractivity contribution in [1.82, 2.24) is 10.2 Å². The lowest BCUT2D eigenvalue weighted by atomic mass is 9.57. The Kier molecular flexibility index (Phi) is 6.51. The Morgan fingerprint density at radius 3 is 2.41 bits per heavy atom. The Labute approximate surface area is 215 Å². The molecule has 1 saturated carbocycles. The zero-order valence-electron chi connectivity index (χ0n) is 21.8. The minimum Gasteiger partial charge on any atom is -0.508 e. The summed E-state index contributed by atoms with van der Waals surface area (Å²) in [4.78, 5) is 40.5. The van der Waals surface area contributed by atoms with E-state index in [9.17, 15) is 34.8 Å². The molecule has 1 aromatic rings. The van der Waals surface area contributed by atoms with Gasteiger partial charge in [0.25, 0.3) is 5.91 Å². The van der Waals surface area contributed by atoms with Crippen molar-refractivity contribution >= 4 is 23.2 Å². The molecule has 0 aliphatic heterocycles. The molecule has 0 radical (unpaired) electrons. The first-order chi connectivity index (χ1) is 17.1. The van der Waals surface area contributed by atoms with Gasteiger partial charge in [-0.3, -0.25) is 19.3 Å². The summed E-state index contributed by atoms with van der Waals surface area (Å²) in [5.74, 6) is -6.44. The monoisotopic (exact) mass is 513 g/mol. The molecular weight excluding hydrogens is 478 g/mol. The van der Waals surface area contributed by atoms with Gasteiger partial charge < -0.3 is 31.5 Å². The molecule has 10 heteroatoms. The van der Waals surface area contributed by atoms with Gasteiger partial charge in [-0.1, -0.05) is 32.9 Å². The van der Waals surface area contributed by atoms with E-state index in [1.807, 2.05) is 0 Å². The van der Waals surface area contributed by atoms with Crippen LogP contribution < -0.4 is 11.1 Å². The number of hydrogen-bond acceptors (Lipinski definition) is 9. The van der Waals surface area contributed by atoms with Crippen LogP contribution in [-0.4, -0.2) is 75.1 Å². The molecule has 0 spiro atoms. The number of aliphatic hydroxyl groups excluding tert-OH is 2. The van der Waals surface area contributed by atoms with Crippen LogP contribution in [0.5, 0.6) is 5.75 Å². The maximum absolute atomic E-state index is 13.8. The highest BCUT2D eigenvalue weighted by molar-refractivity contribution is 6.24. The molecule has 3 aliphatic rings. The number of carbonyl (C=O) groups excluding carboxylic acids is 3. The first-order valence-electron chi connectivity index (χ1n) is 12.3. The summed E-state index contributed by atoms with van der Waals surface area (Å²) >= 11 is 0. The SMILES string of the molecule is CN(C)C1C(=O)C(C(N)=O)=C(O)[C@]2(O)C(=O)C3=C(O)c4c(ccc(CNCC(C)(C)C)c4O)C[C@@H]3C[C@H]12. The summed E-state index contributed by atoms with van der Waals surface area (Å²) in [5, 5.41) is 48.1. The van der Waals surface area contributed by atoms with Gasteiger partial charge in [0, 0.05) is 30.1 Å². The minimum atomic E-state index is -2.63. The van der Waals surface area contributed by atoms with Crippen molar-refractivity contribution in [3.63, 3.8) is 0 Å². The Morgan fingerprint density at radius 1 is 1.19 bits per heavy atom. The van der Waals surface area contributed by atoms with Crippen molar-refractivity contribution in [2.75, 3.05) is 20.6 Å². The van der Waals surface area contributed by atoms with E-state index in [0.717, 1.165) is 0 Å². The second-order valence-electron chi connectivity index (χ2n) is 11.7. The van der Waals surface area contributed by atoms with Crippen molar-refractivity contribution in [2.24, 2.45) is 23.0 Å². The van der Waals surface area contributed by atoms with Gasteiger partial charge in [-0.15, -0.1) is 0 Å². The number of phenolic OH excluding ortho intramolecular Hbond substituents is 1. The van der Waals surface area contributed by atoms with Crippen molar-refractivity contribution in [1.29, 1.82) is 0 Å². The van der Waals surface area contributed by atoms with Gasteiger partial charge in [-0.25, -0.2) is 0 Å². The molecule has 37 heavy (non-hydrogen) atoms. The molecule has 7 N–H and O–H groups in total. The number of aliphatic hydroxyl groups is 3. The van der Waals surface area contributed by atoms with E-state index in [-0.39, 0.29) is 35.1 Å². The van der Waals surface area contributed by atoms with Gasteiger partial charge in [0.05, 0.1) is 11.6 Å². The van der Waals surface area contributed by atoms with E-state index >= 15 is 0 Å². The lowest BCUT2D eigenvalue weighted by Crippen LogP contribution is -2.65. The van der Waals surface area contributed by atoms with E-state index in [1.165, 1.54) is 4.90 Å². The number of likely N-dealkylation sites (N-methyl/N-ethyl adjacent to an activating group) is 1. The van der Waals surface area contributed by atoms with Crippen LogP contribution in [0.15, 0.2) is 29.0 Å². The van der Waals surface area contributed by atoms with Crippen molar-refractivity contribution in [2.45, 2.75) is 51.8 Å². The Bertz CT molecular complexity index is 1260. The maximum atomic E-state index is 13.8. The van der Waals surface area contributed by atoms with Crippen LogP contribution in [0.2, 0.25) is 0 Å². The number of benzene rings is 1. The smallest absolute Gasteiger partial charge is 0.255 e. The van der Waals surface area contributed by atoms with Crippen LogP contribution in [0.1, 0.15) is 43.9 Å². The largest absolute Gasteiger partial charge is 0.508 e. The molecule has 1 aromatic carbocycles. The number of nitrogens with one attached hydrogen (secondary N) is 1. The van der Waals surface area contributed by atoms with E-state index in [2.05, 4.69) is 26.1 Å². The average molecular weight is 514 g/mol. The number of rotatable bonds is 5. The standard InChI is InChI=1S/C27H35N3O7/c1-26(2,3)11-29-10-13-7-6-12-8-14-9-15-19(30(4)5)22(33)18(25(28)36)24(35)27(15,37)23(34)17(14)21(32)16(12)20(13)31/h6-7,14-15,19,29,31-32,35,37H,8-11H2,1-5H3,(H2,28,36)/t14-,15-,19?,27-/m1/s1. The van der Waals surface area contributed by atoms with Crippen LogP contribution in [0.4, 0.5) is 0 Å². The van der Waals surface area contributed by atoms with Crippen LogP contribution >= 0.6 is 0 Å². The molecule has 10 nitrogen and oxygen atoms in total. The average Bonchev–Trinajstić information content (AvgIpc) is 2.76. The van der Waals surface area contributed by atoms with Gasteiger partial charge in [-0.05, 0) is 43.8 Å². The first-order valence-corrected chi connectivity index (χ1v) is 12.3. The molecule has 0 aromatic heterocycles. The topological polar surface area (TPSA) is 173 Å². The van der Waals surface area contributed by atoms with Crippen molar-refractivity contribution in [3.8, 4) is 5.75 Å². The number of aromatic hydroxyl groups is 1. The molecule has 4 atom stereocenters. The fourth-order valence-electron chi connectivity index (χ4n) is 5.98. The Balaban J connectivity index is 1.83. The molecule has 0 saturated heterocycles. The lowest BCUT2D eigenvalue weighted by molar-refractivity contribution is -0.153. The van der Waals surface area contributed by atoms with Crippen LogP contribution in [-0.2, 0) is 27.3 Å². The highest BCUT2D eigenvalue weighted by atomic mass is 16.3. The summed E-state index contributed by atoms with van der Waals surface area (Å²) < 4.78 is 0. The molecule has 1 fully saturated rings. The van der Waals surface area contributed by atoms with Crippen molar-refractivity contribution in [3.05, 3.63) is 45.7 Å². The quantitative estimate of drug-likeness (QED) is 0.315. The fraction of sp³-hybridized carbons (Fsp3) is 0.519. The molecular formula is C27H35N3O7. The molecule has 3 aliphatic carbocycles. The summed E-state index contributed by atoms with van der Waals surface area (Å²) in [7, 11) is 3.14. The van der Waals surface area contributed by atoms with E-state index < -0.39 is 58.0 Å². The number of amides is 1. The predicted octanol–water partition coefficient (Wildman–Crippen LogP) is 1.10. The third kappa shape index (κ3) is 4.13. The summed E-state index contributed by atoms with van der Waals surface area (Å²) in [6.45, 7) is 7.24. The number of nitrogens with two attached hydrogens (primary N) is 1.